The van der Waals surface area contributed by atoms with Crippen LogP contribution in [0.1, 0.15) is 38.8 Å². The van der Waals surface area contributed by atoms with Crippen molar-refractivity contribution < 1.29 is 24.6 Å². The van der Waals surface area contributed by atoms with Gasteiger partial charge in [-0.05, 0) is 19.1 Å². The van der Waals surface area contributed by atoms with Gasteiger partial charge in [-0.25, -0.2) is 9.59 Å². The van der Waals surface area contributed by atoms with E-state index in [0.29, 0.717) is 5.56 Å². The lowest BCUT2D eigenvalue weighted by molar-refractivity contribution is 0.0672. The van der Waals surface area contributed by atoms with Gasteiger partial charge in [0.25, 0.3) is 0 Å². The molecule has 0 saturated heterocycles. The van der Waals surface area contributed by atoms with Gasteiger partial charge in [0.15, 0.2) is 0 Å². The molecule has 0 aliphatic carbocycles. The molecule has 2 aromatic carbocycles. The minimum absolute atomic E-state index is 0.0170. The largest absolute Gasteiger partial charge is 0.478 e. The molecule has 0 bridgehead atoms. The normalized spacial score (nSPS) is 11.0. The third-order valence-electron chi connectivity index (χ3n) is 3.36. The Kier molecular flexibility index (Phi) is 5.11. The van der Waals surface area contributed by atoms with E-state index in [9.17, 15) is 14.7 Å². The molecule has 2 aromatic rings. The Balaban J connectivity index is 2.32. The first kappa shape index (κ1) is 17.0. The number of nitrogens with zero attached hydrogens (tertiary/aromatic N) is 1. The quantitative estimate of drug-likeness (QED) is 0.289. The van der Waals surface area contributed by atoms with E-state index in [4.69, 9.17) is 9.94 Å². The van der Waals surface area contributed by atoms with Crippen LogP contribution in [0, 0.1) is 0 Å². The minimum Gasteiger partial charge on any atom is -0.478 e. The summed E-state index contributed by atoms with van der Waals surface area (Å²) in [5.41, 5.74) is 1.03. The summed E-state index contributed by atoms with van der Waals surface area (Å²) in [5, 5.41) is 21.2. The summed E-state index contributed by atoms with van der Waals surface area (Å²) < 4.78 is 5.22. The zero-order valence-electron chi connectivity index (χ0n) is 12.9. The van der Waals surface area contributed by atoms with Crippen LogP contribution in [-0.4, -0.2) is 28.0 Å². The van der Waals surface area contributed by atoms with Gasteiger partial charge < -0.3 is 15.1 Å². The lowest BCUT2D eigenvalue weighted by atomic mass is 10.0. The molecular formula is C18H15NO5. The third-order valence-corrected chi connectivity index (χ3v) is 3.36. The molecule has 0 heterocycles. The molecule has 2 N–H and O–H groups in total. The number of hydrogen-bond acceptors (Lipinski definition) is 5. The van der Waals surface area contributed by atoms with Crippen molar-refractivity contribution in [3.63, 3.8) is 0 Å². The van der Waals surface area contributed by atoms with Crippen LogP contribution in [0.5, 0.6) is 0 Å². The van der Waals surface area contributed by atoms with Crippen LogP contribution in [0.3, 0.4) is 0 Å². The Morgan fingerprint density at radius 1 is 0.958 bits per heavy atom. The maximum Gasteiger partial charge on any atom is 0.344 e. The zero-order chi connectivity index (χ0) is 17.7. The van der Waals surface area contributed by atoms with Crippen molar-refractivity contribution in [2.45, 2.75) is 6.92 Å². The van der Waals surface area contributed by atoms with Crippen LogP contribution in [0.25, 0.3) is 5.76 Å². The lowest BCUT2D eigenvalue weighted by Gasteiger charge is -2.12. The Morgan fingerprint density at radius 3 is 2.00 bits per heavy atom. The van der Waals surface area contributed by atoms with Gasteiger partial charge in [-0.3, -0.25) is 0 Å². The molecule has 0 spiro atoms. The summed E-state index contributed by atoms with van der Waals surface area (Å²) in [6.45, 7) is 5.18. The first-order valence-electron chi connectivity index (χ1n) is 6.97. The van der Waals surface area contributed by atoms with E-state index in [1.807, 2.05) is 0 Å². The Morgan fingerprint density at radius 2 is 1.46 bits per heavy atom. The maximum atomic E-state index is 12.4. The molecule has 0 radical (unpaired) electrons. The van der Waals surface area contributed by atoms with Crippen LogP contribution in [0.2, 0.25) is 0 Å². The summed E-state index contributed by atoms with van der Waals surface area (Å²) in [5.74, 6) is -1.95. The lowest BCUT2D eigenvalue weighted by Crippen LogP contribution is -2.11. The molecule has 122 valence electrons. The van der Waals surface area contributed by atoms with Crippen molar-refractivity contribution in [3.8, 4) is 0 Å². The first-order valence-corrected chi connectivity index (χ1v) is 6.97. The van der Waals surface area contributed by atoms with Gasteiger partial charge in [0.1, 0.15) is 5.76 Å². The molecule has 0 fully saturated rings. The van der Waals surface area contributed by atoms with Crippen molar-refractivity contribution in [3.05, 3.63) is 77.4 Å². The van der Waals surface area contributed by atoms with Gasteiger partial charge in [0, 0.05) is 11.1 Å². The fourth-order valence-electron chi connectivity index (χ4n) is 2.17. The summed E-state index contributed by atoms with van der Waals surface area (Å²) in [4.78, 5) is 23.6. The van der Waals surface area contributed by atoms with Gasteiger partial charge in [0.2, 0.25) is 0 Å². The summed E-state index contributed by atoms with van der Waals surface area (Å²) in [6, 6.07) is 12.5. The predicted octanol–water partition coefficient (Wildman–Crippen LogP) is 3.41. The molecule has 24 heavy (non-hydrogen) atoms. The van der Waals surface area contributed by atoms with E-state index in [2.05, 4.69) is 11.7 Å². The van der Waals surface area contributed by atoms with Crippen molar-refractivity contribution in [2.75, 3.05) is 0 Å². The number of rotatable bonds is 5. The number of esters is 1. The molecular weight excluding hydrogens is 310 g/mol. The van der Waals surface area contributed by atoms with Gasteiger partial charge >= 0.3 is 11.9 Å². The molecule has 0 atom stereocenters. The van der Waals surface area contributed by atoms with Crippen molar-refractivity contribution in [1.82, 2.24) is 0 Å². The van der Waals surface area contributed by atoms with Crippen LogP contribution in [0.15, 0.2) is 60.3 Å². The number of benzene rings is 2. The number of ether oxygens (including phenoxy) is 1. The minimum atomic E-state index is -1.15. The van der Waals surface area contributed by atoms with Crippen LogP contribution >= 0.6 is 0 Å². The van der Waals surface area contributed by atoms with Gasteiger partial charge in [-0.15, -0.1) is 0 Å². The SMILES string of the molecule is C=C(OC(=O)c1ccccc1/C(C)=N/O)c1ccccc1C(=O)O. The molecule has 0 unspecified atom stereocenters. The van der Waals surface area contributed by atoms with Crippen molar-refractivity contribution in [1.29, 1.82) is 0 Å². The molecule has 2 rings (SSSR count). The highest BCUT2D eigenvalue weighted by atomic mass is 16.5. The van der Waals surface area contributed by atoms with E-state index in [1.54, 1.807) is 37.3 Å². The van der Waals surface area contributed by atoms with E-state index in [0.717, 1.165) is 0 Å². The van der Waals surface area contributed by atoms with Crippen LogP contribution in [0.4, 0.5) is 0 Å². The smallest absolute Gasteiger partial charge is 0.344 e. The maximum absolute atomic E-state index is 12.4. The van der Waals surface area contributed by atoms with E-state index < -0.39 is 11.9 Å². The van der Waals surface area contributed by atoms with E-state index in [-0.39, 0.29) is 28.2 Å². The van der Waals surface area contributed by atoms with E-state index in [1.165, 1.54) is 18.2 Å². The fraction of sp³-hybridized carbons (Fsp3) is 0.0556. The van der Waals surface area contributed by atoms with Gasteiger partial charge in [-0.1, -0.05) is 48.1 Å². The number of carbonyl (C=O) groups is 2. The molecule has 0 aliphatic rings. The van der Waals surface area contributed by atoms with E-state index >= 15 is 0 Å². The monoisotopic (exact) mass is 325 g/mol. The first-order chi connectivity index (χ1) is 11.5. The molecule has 0 saturated carbocycles. The average Bonchev–Trinajstić information content (AvgIpc) is 2.60. The summed E-state index contributed by atoms with van der Waals surface area (Å²) >= 11 is 0. The van der Waals surface area contributed by atoms with Gasteiger partial charge in [0.05, 0.1) is 16.8 Å². The number of carboxylic acids is 1. The molecule has 6 nitrogen and oxygen atoms in total. The predicted molar refractivity (Wildman–Crippen MR) is 88.3 cm³/mol. The second-order valence-corrected chi connectivity index (χ2v) is 4.89. The second-order valence-electron chi connectivity index (χ2n) is 4.89. The van der Waals surface area contributed by atoms with Crippen molar-refractivity contribution >= 4 is 23.4 Å². The number of carbonyl (C=O) groups excluding carboxylic acids is 1. The number of oxime groups is 1. The Labute approximate surface area is 138 Å². The van der Waals surface area contributed by atoms with Crippen LogP contribution in [-0.2, 0) is 4.74 Å². The zero-order valence-corrected chi connectivity index (χ0v) is 12.9. The second kappa shape index (κ2) is 7.23. The highest BCUT2D eigenvalue weighted by Gasteiger charge is 2.19. The summed E-state index contributed by atoms with van der Waals surface area (Å²) in [6.07, 6.45) is 0. The topological polar surface area (TPSA) is 96.2 Å². The highest BCUT2D eigenvalue weighted by Crippen LogP contribution is 2.21. The van der Waals surface area contributed by atoms with Gasteiger partial charge in [-0.2, -0.15) is 0 Å². The fourth-order valence-corrected chi connectivity index (χ4v) is 2.17. The summed E-state index contributed by atoms with van der Waals surface area (Å²) in [7, 11) is 0. The number of carboxylic acid groups (broad SMARTS) is 1. The van der Waals surface area contributed by atoms with Crippen LogP contribution < -0.4 is 0 Å². The highest BCUT2D eigenvalue weighted by molar-refractivity contribution is 6.08. The average molecular weight is 325 g/mol. The number of aromatic carboxylic acids is 1. The molecule has 6 heteroatoms. The number of hydrogen-bond donors (Lipinski definition) is 2. The standard InChI is InChI=1S/C18H15NO5/c1-11(19-23)13-7-3-6-10-16(13)18(22)24-12(2)14-8-4-5-9-15(14)17(20)21/h3-10,23H,2H2,1H3,(H,20,21)/b19-11+. The Hall–Kier alpha value is -3.41. The Bertz CT molecular complexity index is 839. The molecule has 0 amide bonds. The molecule has 0 aliphatic heterocycles. The molecule has 0 aromatic heterocycles. The van der Waals surface area contributed by atoms with Crippen molar-refractivity contribution in [2.24, 2.45) is 5.16 Å². The third kappa shape index (κ3) is 3.49.